The van der Waals surface area contributed by atoms with Crippen LogP contribution >= 0.6 is 0 Å². The van der Waals surface area contributed by atoms with Crippen LogP contribution in [0.25, 0.3) is 10.8 Å². The number of hydrogen-bond donors (Lipinski definition) is 1. The molecule has 2 aromatic rings. The number of pyridine rings is 1. The third-order valence-corrected chi connectivity index (χ3v) is 7.69. The van der Waals surface area contributed by atoms with Crippen LogP contribution in [0.2, 0.25) is 0 Å². The van der Waals surface area contributed by atoms with Crippen LogP contribution in [0.15, 0.2) is 35.4 Å². The Morgan fingerprint density at radius 2 is 2.07 bits per heavy atom. The van der Waals surface area contributed by atoms with Crippen molar-refractivity contribution in [1.29, 1.82) is 0 Å². The van der Waals surface area contributed by atoms with Crippen molar-refractivity contribution in [2.45, 2.75) is 50.5 Å². The van der Waals surface area contributed by atoms with Crippen LogP contribution in [0.1, 0.15) is 40.0 Å². The van der Waals surface area contributed by atoms with Crippen LogP contribution < -0.4 is 10.1 Å². The van der Waals surface area contributed by atoms with Crippen molar-refractivity contribution in [2.75, 3.05) is 26.7 Å². The van der Waals surface area contributed by atoms with Gasteiger partial charge in [-0.1, -0.05) is 19.9 Å². The summed E-state index contributed by atoms with van der Waals surface area (Å²) >= 11 is 0. The third kappa shape index (κ3) is 4.02. The molecule has 28 heavy (non-hydrogen) atoms. The van der Waals surface area contributed by atoms with Crippen LogP contribution in [0.5, 0.6) is 5.88 Å². The molecule has 0 amide bonds. The number of aromatic nitrogens is 1. The van der Waals surface area contributed by atoms with Crippen molar-refractivity contribution >= 4 is 20.8 Å². The monoisotopic (exact) mass is 405 g/mol. The summed E-state index contributed by atoms with van der Waals surface area (Å²) in [6.45, 7) is 8.43. The number of sulfonamides is 1. The highest BCUT2D eigenvalue weighted by atomic mass is 32.2. The lowest BCUT2D eigenvalue weighted by Gasteiger charge is -2.39. The number of methoxy groups -OCH3 is 1. The smallest absolute Gasteiger partial charge is 0.244 e. The van der Waals surface area contributed by atoms with Crippen molar-refractivity contribution < 1.29 is 13.2 Å². The highest BCUT2D eigenvalue weighted by Gasteiger charge is 2.41. The molecule has 1 aliphatic heterocycles. The number of benzene rings is 1. The molecule has 1 aromatic carbocycles. The van der Waals surface area contributed by atoms with E-state index in [1.54, 1.807) is 35.8 Å². The van der Waals surface area contributed by atoms with Crippen LogP contribution in [0.4, 0.5) is 0 Å². The Hall–Kier alpha value is -1.70. The summed E-state index contributed by atoms with van der Waals surface area (Å²) in [7, 11) is -2.13. The van der Waals surface area contributed by atoms with E-state index in [2.05, 4.69) is 31.1 Å². The van der Waals surface area contributed by atoms with Gasteiger partial charge in [0.2, 0.25) is 15.9 Å². The highest BCUT2D eigenvalue weighted by Crippen LogP contribution is 2.35. The Bertz CT molecular complexity index is 930. The summed E-state index contributed by atoms with van der Waals surface area (Å²) < 4.78 is 34.8. The van der Waals surface area contributed by atoms with Gasteiger partial charge in [0, 0.05) is 35.6 Å². The molecule has 6 nitrogen and oxygen atoms in total. The van der Waals surface area contributed by atoms with E-state index in [0.29, 0.717) is 40.6 Å². The Kier molecular flexibility index (Phi) is 6.27. The maximum Gasteiger partial charge on any atom is 0.244 e. The molecule has 0 bridgehead atoms. The van der Waals surface area contributed by atoms with Crippen LogP contribution in [-0.2, 0) is 10.0 Å². The van der Waals surface area contributed by atoms with E-state index >= 15 is 0 Å². The summed E-state index contributed by atoms with van der Waals surface area (Å²) in [5.41, 5.74) is -0.459. The number of nitrogens with one attached hydrogen (secondary N) is 1. The third-order valence-electron chi connectivity index (χ3n) is 5.57. The van der Waals surface area contributed by atoms with Gasteiger partial charge < -0.3 is 10.1 Å². The Morgan fingerprint density at radius 3 is 2.79 bits per heavy atom. The van der Waals surface area contributed by atoms with Crippen molar-refractivity contribution in [3.8, 4) is 5.88 Å². The molecule has 0 radical (unpaired) electrons. The SMILES string of the molecule is COc1nccc2c(S(=O)(=O)N3CCCNC[C@]3(C)CCC(C)C)cccc12. The van der Waals surface area contributed by atoms with E-state index in [-0.39, 0.29) is 0 Å². The molecule has 2 heterocycles. The number of ether oxygens (including phenoxy) is 1. The second-order valence-electron chi connectivity index (χ2n) is 8.21. The molecule has 0 spiro atoms. The lowest BCUT2D eigenvalue weighted by molar-refractivity contribution is 0.193. The van der Waals surface area contributed by atoms with Crippen molar-refractivity contribution in [3.63, 3.8) is 0 Å². The zero-order valence-electron chi connectivity index (χ0n) is 17.2. The van der Waals surface area contributed by atoms with E-state index in [4.69, 9.17) is 4.74 Å². The van der Waals surface area contributed by atoms with Crippen LogP contribution in [-0.4, -0.2) is 50.0 Å². The standard InChI is InChI=1S/C21H31N3O3S/c1-16(2)9-11-21(3)15-22-12-6-14-24(21)28(25,26)19-8-5-7-18-17(19)10-13-23-20(18)27-4/h5,7-8,10,13,16,22H,6,9,11-12,14-15H2,1-4H3/t21-/m0/s1. The number of nitrogens with zero attached hydrogens (tertiary/aromatic N) is 2. The molecule has 0 unspecified atom stereocenters. The van der Waals surface area contributed by atoms with Gasteiger partial charge in [0.1, 0.15) is 0 Å². The summed E-state index contributed by atoms with van der Waals surface area (Å²) in [5, 5.41) is 4.80. The minimum atomic E-state index is -3.68. The summed E-state index contributed by atoms with van der Waals surface area (Å²) in [6.07, 6.45) is 4.21. The topological polar surface area (TPSA) is 71.5 Å². The normalized spacial score (nSPS) is 21.8. The van der Waals surface area contributed by atoms with Gasteiger partial charge in [-0.05, 0) is 56.8 Å². The van der Waals surface area contributed by atoms with Crippen molar-refractivity contribution in [2.24, 2.45) is 5.92 Å². The Morgan fingerprint density at radius 1 is 1.29 bits per heavy atom. The van der Waals surface area contributed by atoms with Crippen LogP contribution in [0, 0.1) is 5.92 Å². The molecule has 154 valence electrons. The van der Waals surface area contributed by atoms with Crippen LogP contribution in [0.3, 0.4) is 0 Å². The quantitative estimate of drug-likeness (QED) is 0.797. The molecule has 3 rings (SSSR count). The van der Waals surface area contributed by atoms with E-state index in [1.165, 1.54) is 0 Å². The molecule has 1 fully saturated rings. The van der Waals surface area contributed by atoms with E-state index in [0.717, 1.165) is 25.8 Å². The molecule has 1 aromatic heterocycles. The summed E-state index contributed by atoms with van der Waals surface area (Å²) in [5.74, 6) is 0.965. The van der Waals surface area contributed by atoms with E-state index < -0.39 is 15.6 Å². The first-order chi connectivity index (χ1) is 13.3. The second kappa shape index (κ2) is 8.35. The molecular weight excluding hydrogens is 374 g/mol. The Balaban J connectivity index is 2.11. The molecule has 1 aliphatic rings. The lowest BCUT2D eigenvalue weighted by Crippen LogP contribution is -2.53. The van der Waals surface area contributed by atoms with E-state index in [1.807, 2.05) is 6.07 Å². The molecule has 1 atom stereocenters. The van der Waals surface area contributed by atoms with Gasteiger partial charge in [-0.2, -0.15) is 4.31 Å². The number of fused-ring (bicyclic) bond motifs is 1. The lowest BCUT2D eigenvalue weighted by atomic mass is 9.92. The fourth-order valence-electron chi connectivity index (χ4n) is 3.94. The first kappa shape index (κ1) is 21.0. The minimum Gasteiger partial charge on any atom is -0.481 e. The minimum absolute atomic E-state index is 0.323. The van der Waals surface area contributed by atoms with Gasteiger partial charge in [-0.15, -0.1) is 0 Å². The molecule has 1 N–H and O–H groups in total. The highest BCUT2D eigenvalue weighted by molar-refractivity contribution is 7.89. The zero-order chi connectivity index (χ0) is 20.4. The van der Waals surface area contributed by atoms with Crippen molar-refractivity contribution in [1.82, 2.24) is 14.6 Å². The predicted molar refractivity (Wildman–Crippen MR) is 112 cm³/mol. The van der Waals surface area contributed by atoms with Crippen molar-refractivity contribution in [3.05, 3.63) is 30.5 Å². The number of hydrogen-bond acceptors (Lipinski definition) is 5. The van der Waals surface area contributed by atoms with Gasteiger partial charge in [0.05, 0.1) is 12.0 Å². The molecule has 0 saturated carbocycles. The van der Waals surface area contributed by atoms with Gasteiger partial charge >= 0.3 is 0 Å². The molecule has 7 heteroatoms. The molecular formula is C21H31N3O3S. The summed E-state index contributed by atoms with van der Waals surface area (Å²) in [4.78, 5) is 4.54. The van der Waals surface area contributed by atoms with Gasteiger partial charge in [-0.3, -0.25) is 0 Å². The molecule has 1 saturated heterocycles. The second-order valence-corrected chi connectivity index (χ2v) is 10.0. The average Bonchev–Trinajstić information content (AvgIpc) is 2.87. The van der Waals surface area contributed by atoms with Gasteiger partial charge in [0.25, 0.3) is 0 Å². The average molecular weight is 406 g/mol. The largest absolute Gasteiger partial charge is 0.481 e. The van der Waals surface area contributed by atoms with Gasteiger partial charge in [-0.25, -0.2) is 13.4 Å². The molecule has 0 aliphatic carbocycles. The van der Waals surface area contributed by atoms with Gasteiger partial charge in [0.15, 0.2) is 0 Å². The zero-order valence-corrected chi connectivity index (χ0v) is 18.1. The fourth-order valence-corrected chi connectivity index (χ4v) is 5.99. The maximum absolute atomic E-state index is 13.9. The fraction of sp³-hybridized carbons (Fsp3) is 0.571. The number of rotatable bonds is 6. The Labute approximate surface area is 168 Å². The first-order valence-corrected chi connectivity index (χ1v) is 11.4. The van der Waals surface area contributed by atoms with E-state index in [9.17, 15) is 8.42 Å². The predicted octanol–water partition coefficient (Wildman–Crippen LogP) is 3.42. The summed E-state index contributed by atoms with van der Waals surface area (Å²) in [6, 6.07) is 7.06. The first-order valence-electron chi connectivity index (χ1n) is 9.95. The maximum atomic E-state index is 13.9.